The Kier molecular flexibility index (Phi) is 4.71. The van der Waals surface area contributed by atoms with Crippen molar-refractivity contribution in [1.29, 1.82) is 0 Å². The van der Waals surface area contributed by atoms with Gasteiger partial charge in [-0.15, -0.1) is 0 Å². The zero-order chi connectivity index (χ0) is 13.7. The van der Waals surface area contributed by atoms with Crippen LogP contribution in [0.2, 0.25) is 0 Å². The third-order valence-corrected chi connectivity index (χ3v) is 3.51. The van der Waals surface area contributed by atoms with Crippen molar-refractivity contribution in [2.75, 3.05) is 51.2 Å². The molecule has 2 rings (SSSR count). The average molecular weight is 263 g/mol. The van der Waals surface area contributed by atoms with Crippen molar-refractivity contribution in [1.82, 2.24) is 20.2 Å². The summed E-state index contributed by atoms with van der Waals surface area (Å²) >= 11 is 0. The molecule has 0 radical (unpaired) electrons. The first-order valence-electron chi connectivity index (χ1n) is 7.00. The van der Waals surface area contributed by atoms with Crippen molar-refractivity contribution in [2.24, 2.45) is 5.41 Å². The molecule has 0 aliphatic carbocycles. The fourth-order valence-electron chi connectivity index (χ4n) is 2.70. The molecule has 19 heavy (non-hydrogen) atoms. The summed E-state index contributed by atoms with van der Waals surface area (Å²) in [5, 5.41) is 3.28. The molecule has 1 aliphatic rings. The fourth-order valence-corrected chi connectivity index (χ4v) is 2.70. The van der Waals surface area contributed by atoms with E-state index in [2.05, 4.69) is 38.9 Å². The number of rotatable bonds is 5. The van der Waals surface area contributed by atoms with Gasteiger partial charge in [-0.05, 0) is 18.5 Å². The van der Waals surface area contributed by atoms with Gasteiger partial charge in [0, 0.05) is 51.7 Å². The number of piperazine rings is 1. The van der Waals surface area contributed by atoms with Crippen molar-refractivity contribution in [3.63, 3.8) is 0 Å². The van der Waals surface area contributed by atoms with Crippen LogP contribution in [0.5, 0.6) is 0 Å². The van der Waals surface area contributed by atoms with Crippen LogP contribution in [0.3, 0.4) is 0 Å². The molecule has 106 valence electrons. The Morgan fingerprint density at radius 3 is 2.37 bits per heavy atom. The van der Waals surface area contributed by atoms with Crippen LogP contribution < -0.4 is 10.2 Å². The first-order chi connectivity index (χ1) is 9.11. The first kappa shape index (κ1) is 14.2. The monoisotopic (exact) mass is 263 g/mol. The molecule has 2 heterocycles. The van der Waals surface area contributed by atoms with Crippen LogP contribution in [0.25, 0.3) is 0 Å². The highest BCUT2D eigenvalue weighted by Gasteiger charge is 2.24. The molecule has 1 fully saturated rings. The molecule has 0 unspecified atom stereocenters. The SMILES string of the molecule is CNCC(C)(C)CN1CCN(c2ncccn2)CC1. The summed E-state index contributed by atoms with van der Waals surface area (Å²) in [6.45, 7) is 11.0. The van der Waals surface area contributed by atoms with Gasteiger partial charge in [0.15, 0.2) is 0 Å². The minimum atomic E-state index is 0.320. The second-order valence-electron chi connectivity index (χ2n) is 6.01. The lowest BCUT2D eigenvalue weighted by Gasteiger charge is -2.38. The predicted molar refractivity (Wildman–Crippen MR) is 78.4 cm³/mol. The lowest BCUT2D eigenvalue weighted by atomic mass is 9.92. The van der Waals surface area contributed by atoms with Gasteiger partial charge >= 0.3 is 0 Å². The Labute approximate surface area is 116 Å². The maximum absolute atomic E-state index is 4.32. The molecule has 1 aromatic rings. The van der Waals surface area contributed by atoms with E-state index in [1.807, 2.05) is 25.5 Å². The Morgan fingerprint density at radius 1 is 1.16 bits per heavy atom. The van der Waals surface area contributed by atoms with Crippen molar-refractivity contribution in [2.45, 2.75) is 13.8 Å². The molecule has 0 saturated carbocycles. The molecule has 1 aromatic heterocycles. The summed E-state index contributed by atoms with van der Waals surface area (Å²) in [5.41, 5.74) is 0.320. The summed E-state index contributed by atoms with van der Waals surface area (Å²) in [5.74, 6) is 0.858. The molecular formula is C14H25N5. The van der Waals surface area contributed by atoms with Crippen molar-refractivity contribution < 1.29 is 0 Å². The Morgan fingerprint density at radius 2 is 1.79 bits per heavy atom. The number of hydrogen-bond donors (Lipinski definition) is 1. The largest absolute Gasteiger partial charge is 0.338 e. The van der Waals surface area contributed by atoms with Gasteiger partial charge in [0.25, 0.3) is 0 Å². The standard InChI is InChI=1S/C14H25N5/c1-14(2,11-15-3)12-18-7-9-19(10-8-18)13-16-5-4-6-17-13/h4-6,15H,7-12H2,1-3H3. The Bertz CT molecular complexity index is 371. The zero-order valence-corrected chi connectivity index (χ0v) is 12.3. The fraction of sp³-hybridized carbons (Fsp3) is 0.714. The van der Waals surface area contributed by atoms with E-state index < -0.39 is 0 Å². The highest BCUT2D eigenvalue weighted by atomic mass is 15.3. The van der Waals surface area contributed by atoms with Crippen LogP contribution in [0.1, 0.15) is 13.8 Å². The molecule has 0 aromatic carbocycles. The third-order valence-electron chi connectivity index (χ3n) is 3.51. The van der Waals surface area contributed by atoms with E-state index >= 15 is 0 Å². The lowest BCUT2D eigenvalue weighted by Crippen LogP contribution is -2.50. The maximum Gasteiger partial charge on any atom is 0.225 e. The molecule has 0 atom stereocenters. The van der Waals surface area contributed by atoms with Gasteiger partial charge in [-0.25, -0.2) is 9.97 Å². The first-order valence-corrected chi connectivity index (χ1v) is 7.00. The van der Waals surface area contributed by atoms with Crippen LogP contribution in [0, 0.1) is 5.41 Å². The van der Waals surface area contributed by atoms with E-state index in [1.165, 1.54) is 0 Å². The lowest BCUT2D eigenvalue weighted by molar-refractivity contribution is 0.168. The molecule has 0 spiro atoms. The number of nitrogens with one attached hydrogen (secondary N) is 1. The van der Waals surface area contributed by atoms with Crippen LogP contribution in [0.4, 0.5) is 5.95 Å². The van der Waals surface area contributed by atoms with Crippen molar-refractivity contribution >= 4 is 5.95 Å². The molecule has 5 nitrogen and oxygen atoms in total. The van der Waals surface area contributed by atoms with Crippen LogP contribution in [-0.4, -0.2) is 61.2 Å². The summed E-state index contributed by atoms with van der Waals surface area (Å²) in [7, 11) is 2.02. The molecule has 0 bridgehead atoms. The highest BCUT2D eigenvalue weighted by molar-refractivity contribution is 5.29. The number of hydrogen-bond acceptors (Lipinski definition) is 5. The average Bonchev–Trinajstić information content (AvgIpc) is 2.40. The van der Waals surface area contributed by atoms with Gasteiger partial charge in [0.1, 0.15) is 0 Å². The Hall–Kier alpha value is -1.20. The molecular weight excluding hydrogens is 238 g/mol. The highest BCUT2D eigenvalue weighted by Crippen LogP contribution is 2.18. The summed E-state index contributed by atoms with van der Waals surface area (Å²) in [6, 6.07) is 1.86. The minimum Gasteiger partial charge on any atom is -0.338 e. The van der Waals surface area contributed by atoms with E-state index in [4.69, 9.17) is 0 Å². The van der Waals surface area contributed by atoms with Gasteiger partial charge in [0.05, 0.1) is 0 Å². The third kappa shape index (κ3) is 4.14. The second kappa shape index (κ2) is 6.30. The van der Waals surface area contributed by atoms with Crippen LogP contribution >= 0.6 is 0 Å². The topological polar surface area (TPSA) is 44.3 Å². The smallest absolute Gasteiger partial charge is 0.225 e. The van der Waals surface area contributed by atoms with Crippen LogP contribution in [0.15, 0.2) is 18.5 Å². The maximum atomic E-state index is 4.32. The van der Waals surface area contributed by atoms with Gasteiger partial charge in [-0.1, -0.05) is 13.8 Å². The molecule has 1 N–H and O–H groups in total. The second-order valence-corrected chi connectivity index (χ2v) is 6.01. The molecule has 1 aliphatic heterocycles. The van der Waals surface area contributed by atoms with Crippen molar-refractivity contribution in [3.8, 4) is 0 Å². The minimum absolute atomic E-state index is 0.320. The van der Waals surface area contributed by atoms with Gasteiger partial charge in [-0.2, -0.15) is 0 Å². The van der Waals surface area contributed by atoms with Crippen LogP contribution in [-0.2, 0) is 0 Å². The zero-order valence-electron chi connectivity index (χ0n) is 12.3. The normalized spacial score (nSPS) is 17.7. The number of nitrogens with zero attached hydrogens (tertiary/aromatic N) is 4. The van der Waals surface area contributed by atoms with E-state index in [-0.39, 0.29) is 0 Å². The van der Waals surface area contributed by atoms with Gasteiger partial charge in [-0.3, -0.25) is 4.90 Å². The molecule has 0 amide bonds. The van der Waals surface area contributed by atoms with E-state index in [9.17, 15) is 0 Å². The Balaban J connectivity index is 1.83. The van der Waals surface area contributed by atoms with Gasteiger partial charge in [0.2, 0.25) is 5.95 Å². The summed E-state index contributed by atoms with van der Waals surface area (Å²) in [6.07, 6.45) is 3.62. The van der Waals surface area contributed by atoms with Crippen molar-refractivity contribution in [3.05, 3.63) is 18.5 Å². The predicted octanol–water partition coefficient (Wildman–Crippen LogP) is 0.844. The molecule has 1 saturated heterocycles. The van der Waals surface area contributed by atoms with E-state index in [1.54, 1.807) is 0 Å². The summed E-state index contributed by atoms with van der Waals surface area (Å²) < 4.78 is 0. The number of aromatic nitrogens is 2. The van der Waals surface area contributed by atoms with E-state index in [0.717, 1.165) is 45.2 Å². The quantitative estimate of drug-likeness (QED) is 0.853. The number of anilines is 1. The van der Waals surface area contributed by atoms with E-state index in [0.29, 0.717) is 5.41 Å². The molecule has 5 heteroatoms. The van der Waals surface area contributed by atoms with Gasteiger partial charge < -0.3 is 10.2 Å². The summed E-state index contributed by atoms with van der Waals surface area (Å²) in [4.78, 5) is 13.4.